The molecular formula is C62H40N2S. The van der Waals surface area contributed by atoms with E-state index in [0.717, 1.165) is 29.2 Å². The summed E-state index contributed by atoms with van der Waals surface area (Å²) in [6, 6.07) is 83.3. The maximum Gasteiger partial charge on any atom is 0.0561 e. The van der Waals surface area contributed by atoms with Crippen LogP contribution in [-0.4, -0.2) is 4.57 Å². The fraction of sp³-hybridized carbons (Fsp3) is 0.0323. The van der Waals surface area contributed by atoms with Crippen LogP contribution in [0, 0.1) is 0 Å². The summed E-state index contributed by atoms with van der Waals surface area (Å²) in [4.78, 5) is 2.43. The van der Waals surface area contributed by atoms with Crippen molar-refractivity contribution in [2.24, 2.45) is 0 Å². The van der Waals surface area contributed by atoms with Crippen LogP contribution in [0.15, 0.2) is 224 Å². The number of hydrogen-bond donors (Lipinski definition) is 0. The smallest absolute Gasteiger partial charge is 0.0561 e. The highest BCUT2D eigenvalue weighted by molar-refractivity contribution is 7.25. The normalized spacial score (nSPS) is 13.6. The number of benzene rings is 10. The minimum Gasteiger partial charge on any atom is -0.310 e. The summed E-state index contributed by atoms with van der Waals surface area (Å²) < 4.78 is 4.99. The molecule has 0 amide bonds. The second-order valence-electron chi connectivity index (χ2n) is 17.6. The van der Waals surface area contributed by atoms with Gasteiger partial charge in [0.15, 0.2) is 0 Å². The van der Waals surface area contributed by atoms with E-state index in [1.807, 2.05) is 11.3 Å². The highest BCUT2D eigenvalue weighted by Crippen LogP contribution is 2.56. The zero-order valence-corrected chi connectivity index (χ0v) is 36.3. The first-order valence-electron chi connectivity index (χ1n) is 22.6. The average molecular weight is 845 g/mol. The van der Waals surface area contributed by atoms with E-state index in [1.54, 1.807) is 0 Å². The Hall–Kier alpha value is -7.98. The standard InChI is InChI=1S/C62H40N2S/c1-3-13-39(14-4-1)40-23-26-44(27-24-40)63(45-28-31-52-51-21-11-12-22-57(51)64(58(52)37-45)43-16-5-2-6-17-43)46-29-32-54-53-30-25-42(36-59(53)65-60(54)38-46)48-33-34-55-49-19-9-10-20-50(49)56-35-41-15-7-8-18-47(41)61(48)62(55)56/h1-34,36-38,56H,35H2. The Bertz CT molecular complexity index is 3860. The zero-order chi connectivity index (χ0) is 42.6. The maximum absolute atomic E-state index is 2.45. The van der Waals surface area contributed by atoms with Crippen LogP contribution in [0.2, 0.25) is 0 Å². The van der Waals surface area contributed by atoms with E-state index in [0.29, 0.717) is 5.92 Å². The molecule has 10 aromatic carbocycles. The maximum atomic E-state index is 2.45. The van der Waals surface area contributed by atoms with Crippen molar-refractivity contribution in [2.45, 2.75) is 12.3 Å². The Morgan fingerprint density at radius 2 is 1.00 bits per heavy atom. The number of hydrogen-bond acceptors (Lipinski definition) is 2. The van der Waals surface area contributed by atoms with Crippen molar-refractivity contribution >= 4 is 70.4 Å². The number of anilines is 3. The van der Waals surface area contributed by atoms with Crippen molar-refractivity contribution in [1.29, 1.82) is 0 Å². The molecule has 3 heteroatoms. The van der Waals surface area contributed by atoms with Gasteiger partial charge >= 0.3 is 0 Å². The van der Waals surface area contributed by atoms with Gasteiger partial charge in [0.05, 0.1) is 11.0 Å². The molecule has 0 saturated heterocycles. The van der Waals surface area contributed by atoms with Crippen LogP contribution in [0.1, 0.15) is 22.6 Å². The molecule has 0 aliphatic heterocycles. The van der Waals surface area contributed by atoms with Crippen LogP contribution in [0.5, 0.6) is 0 Å². The van der Waals surface area contributed by atoms with Gasteiger partial charge in [-0.3, -0.25) is 0 Å². The Morgan fingerprint density at radius 3 is 1.85 bits per heavy atom. The third kappa shape index (κ3) is 5.59. The van der Waals surface area contributed by atoms with Crippen LogP contribution in [0.25, 0.3) is 92.2 Å². The lowest BCUT2D eigenvalue weighted by Gasteiger charge is -2.28. The number of para-hydroxylation sites is 2. The molecule has 0 spiro atoms. The number of thiophene rings is 1. The first-order chi connectivity index (χ1) is 32.2. The van der Waals surface area contributed by atoms with Gasteiger partial charge < -0.3 is 9.47 Å². The first-order valence-corrected chi connectivity index (χ1v) is 23.4. The van der Waals surface area contributed by atoms with Gasteiger partial charge in [-0.1, -0.05) is 164 Å². The fourth-order valence-electron chi connectivity index (χ4n) is 11.2. The van der Waals surface area contributed by atoms with Crippen molar-refractivity contribution in [3.63, 3.8) is 0 Å². The van der Waals surface area contributed by atoms with Gasteiger partial charge in [-0.15, -0.1) is 11.3 Å². The second kappa shape index (κ2) is 14.3. The lowest BCUT2D eigenvalue weighted by molar-refractivity contribution is 0.816. The molecule has 0 bridgehead atoms. The summed E-state index contributed by atoms with van der Waals surface area (Å²) in [6.45, 7) is 0. The Labute approximate surface area is 381 Å². The minimum absolute atomic E-state index is 0.387. The number of nitrogens with zero attached hydrogens (tertiary/aromatic N) is 2. The van der Waals surface area contributed by atoms with E-state index >= 15 is 0 Å². The van der Waals surface area contributed by atoms with Crippen LogP contribution in [0.4, 0.5) is 17.1 Å². The van der Waals surface area contributed by atoms with Gasteiger partial charge in [0.1, 0.15) is 0 Å². The molecule has 0 radical (unpaired) electrons. The molecule has 12 aromatic rings. The molecule has 0 fully saturated rings. The minimum atomic E-state index is 0.387. The number of aromatic nitrogens is 1. The van der Waals surface area contributed by atoms with E-state index in [4.69, 9.17) is 0 Å². The van der Waals surface area contributed by atoms with Crippen molar-refractivity contribution in [1.82, 2.24) is 4.57 Å². The Balaban J connectivity index is 0.923. The highest BCUT2D eigenvalue weighted by atomic mass is 32.1. The van der Waals surface area contributed by atoms with Gasteiger partial charge in [0.25, 0.3) is 0 Å². The quantitative estimate of drug-likeness (QED) is 0.162. The Morgan fingerprint density at radius 1 is 0.400 bits per heavy atom. The number of fused-ring (bicyclic) bond motifs is 11. The van der Waals surface area contributed by atoms with Gasteiger partial charge in [0, 0.05) is 59.6 Å². The van der Waals surface area contributed by atoms with Gasteiger partial charge in [-0.05, 0) is 128 Å². The third-order valence-corrected chi connectivity index (χ3v) is 15.2. The lowest BCUT2D eigenvalue weighted by Crippen LogP contribution is -2.10. The summed E-state index contributed by atoms with van der Waals surface area (Å²) in [5.41, 5.74) is 21.9. The van der Waals surface area contributed by atoms with Crippen LogP contribution in [0.3, 0.4) is 0 Å². The van der Waals surface area contributed by atoms with Crippen LogP contribution >= 0.6 is 11.3 Å². The predicted octanol–water partition coefficient (Wildman–Crippen LogP) is 17.3. The summed E-state index contributed by atoms with van der Waals surface area (Å²) in [5, 5.41) is 5.08. The van der Waals surface area contributed by atoms with E-state index < -0.39 is 0 Å². The monoisotopic (exact) mass is 844 g/mol. The van der Waals surface area contributed by atoms with Crippen molar-refractivity contribution in [3.05, 3.63) is 241 Å². The third-order valence-electron chi connectivity index (χ3n) is 14.1. The fourth-order valence-corrected chi connectivity index (χ4v) is 12.4. The highest BCUT2D eigenvalue weighted by Gasteiger charge is 2.36. The molecule has 0 N–H and O–H groups in total. The molecule has 2 aromatic heterocycles. The average Bonchev–Trinajstić information content (AvgIpc) is 4.02. The molecular weight excluding hydrogens is 805 g/mol. The molecule has 1 unspecified atom stereocenters. The summed E-state index contributed by atoms with van der Waals surface area (Å²) >= 11 is 1.90. The largest absolute Gasteiger partial charge is 0.310 e. The Kier molecular flexibility index (Phi) is 8.01. The predicted molar refractivity (Wildman–Crippen MR) is 276 cm³/mol. The molecule has 304 valence electrons. The topological polar surface area (TPSA) is 8.17 Å². The van der Waals surface area contributed by atoms with Crippen molar-refractivity contribution in [2.75, 3.05) is 4.90 Å². The molecule has 65 heavy (non-hydrogen) atoms. The lowest BCUT2D eigenvalue weighted by atomic mass is 9.75. The van der Waals surface area contributed by atoms with Gasteiger partial charge in [-0.25, -0.2) is 0 Å². The first kappa shape index (κ1) is 36.5. The zero-order valence-electron chi connectivity index (χ0n) is 35.4. The number of rotatable bonds is 6. The van der Waals surface area contributed by atoms with Crippen LogP contribution in [-0.2, 0) is 6.42 Å². The van der Waals surface area contributed by atoms with E-state index in [2.05, 4.69) is 234 Å². The molecule has 1 atom stereocenters. The molecule has 14 rings (SSSR count). The molecule has 2 aliphatic rings. The molecule has 0 saturated carbocycles. The summed E-state index contributed by atoms with van der Waals surface area (Å²) in [5.74, 6) is 0.387. The molecule has 2 heterocycles. The van der Waals surface area contributed by atoms with Gasteiger partial charge in [0.2, 0.25) is 0 Å². The summed E-state index contributed by atoms with van der Waals surface area (Å²) in [7, 11) is 0. The molecule has 2 nitrogen and oxygen atoms in total. The van der Waals surface area contributed by atoms with E-state index in [-0.39, 0.29) is 0 Å². The van der Waals surface area contributed by atoms with E-state index in [1.165, 1.54) is 103 Å². The van der Waals surface area contributed by atoms with Gasteiger partial charge in [-0.2, -0.15) is 0 Å². The van der Waals surface area contributed by atoms with Crippen molar-refractivity contribution < 1.29 is 0 Å². The van der Waals surface area contributed by atoms with Crippen LogP contribution < -0.4 is 4.90 Å². The SMILES string of the molecule is c1ccc(-c2ccc(N(c3ccc4c(c3)sc3cc(-c5ccc6c7c5-c5ccccc5CC7c5ccccc5-6)ccc34)c3ccc4c5ccccc5n(-c5ccccc5)c4c3)cc2)cc1. The molecule has 2 aliphatic carbocycles. The van der Waals surface area contributed by atoms with Crippen molar-refractivity contribution in [3.8, 4) is 50.2 Å². The second-order valence-corrected chi connectivity index (χ2v) is 18.7. The van der Waals surface area contributed by atoms with E-state index in [9.17, 15) is 0 Å². The summed E-state index contributed by atoms with van der Waals surface area (Å²) in [6.07, 6.45) is 1.05.